The van der Waals surface area contributed by atoms with Crippen LogP contribution in [0.5, 0.6) is 0 Å². The second-order valence-electron chi connectivity index (χ2n) is 8.03. The molecule has 0 aromatic rings. The van der Waals surface area contributed by atoms with E-state index in [-0.39, 0.29) is 17.9 Å². The van der Waals surface area contributed by atoms with Gasteiger partial charge in [0.05, 0.1) is 7.11 Å². The normalized spacial score (nSPS) is 31.4. The van der Waals surface area contributed by atoms with Gasteiger partial charge in [-0.1, -0.05) is 20.3 Å². The molecule has 2 aliphatic carbocycles. The van der Waals surface area contributed by atoms with Gasteiger partial charge in [-0.25, -0.2) is 4.79 Å². The number of fused-ring (bicyclic) bond motifs is 2. The lowest BCUT2D eigenvalue weighted by Crippen LogP contribution is -2.61. The molecule has 3 rings (SSSR count). The summed E-state index contributed by atoms with van der Waals surface area (Å²) in [6.07, 6.45) is 5.80. The molecule has 2 N–H and O–H groups in total. The van der Waals surface area contributed by atoms with Gasteiger partial charge in [0.15, 0.2) is 0 Å². The molecule has 3 aliphatic rings. The maximum Gasteiger partial charge on any atom is 0.407 e. The standard InChI is InChI=1S/C18H31N3O3/c1-11(2)15(20-18(23)24-3)17(22)19-16-12-5-4-6-13(16)10-21(9-12)14-7-8-14/h11-16H,4-10H2,1-3H3,(H,19,22)(H,20,23)/t12-,13-,15-/m0/s1. The minimum atomic E-state index is -0.549. The fraction of sp³-hybridized carbons (Fsp3) is 0.889. The van der Waals surface area contributed by atoms with Crippen molar-refractivity contribution in [2.24, 2.45) is 17.8 Å². The molecule has 1 saturated heterocycles. The molecule has 6 nitrogen and oxygen atoms in total. The number of methoxy groups -OCH3 is 1. The first-order valence-corrected chi connectivity index (χ1v) is 9.38. The van der Waals surface area contributed by atoms with Crippen molar-refractivity contribution in [3.8, 4) is 0 Å². The lowest BCUT2D eigenvalue weighted by Gasteiger charge is -2.48. The summed E-state index contributed by atoms with van der Waals surface area (Å²) in [5.74, 6) is 1.05. The van der Waals surface area contributed by atoms with Gasteiger partial charge in [-0.15, -0.1) is 0 Å². The van der Waals surface area contributed by atoms with Crippen LogP contribution in [0, 0.1) is 17.8 Å². The highest BCUT2D eigenvalue weighted by atomic mass is 16.5. The number of carbonyl (C=O) groups is 2. The number of hydrogen-bond acceptors (Lipinski definition) is 4. The minimum Gasteiger partial charge on any atom is -0.453 e. The van der Waals surface area contributed by atoms with E-state index in [2.05, 4.69) is 20.3 Å². The Morgan fingerprint density at radius 3 is 2.21 bits per heavy atom. The maximum absolute atomic E-state index is 12.8. The van der Waals surface area contributed by atoms with Crippen molar-refractivity contribution in [3.05, 3.63) is 0 Å². The van der Waals surface area contributed by atoms with Gasteiger partial charge in [0, 0.05) is 25.2 Å². The van der Waals surface area contributed by atoms with Gasteiger partial charge in [0.2, 0.25) is 5.91 Å². The number of nitrogens with one attached hydrogen (secondary N) is 2. The van der Waals surface area contributed by atoms with Crippen LogP contribution in [-0.4, -0.2) is 55.2 Å². The molecule has 136 valence electrons. The van der Waals surface area contributed by atoms with Crippen LogP contribution >= 0.6 is 0 Å². The van der Waals surface area contributed by atoms with E-state index in [1.54, 1.807) is 0 Å². The zero-order valence-corrected chi connectivity index (χ0v) is 15.1. The molecule has 2 bridgehead atoms. The zero-order valence-electron chi connectivity index (χ0n) is 15.1. The average Bonchev–Trinajstić information content (AvgIpc) is 3.36. The smallest absolute Gasteiger partial charge is 0.407 e. The van der Waals surface area contributed by atoms with Gasteiger partial charge in [-0.3, -0.25) is 9.69 Å². The largest absolute Gasteiger partial charge is 0.453 e. The summed E-state index contributed by atoms with van der Waals surface area (Å²) in [6, 6.07) is 0.510. The number of rotatable bonds is 5. The molecule has 0 radical (unpaired) electrons. The summed E-state index contributed by atoms with van der Waals surface area (Å²) in [4.78, 5) is 26.9. The first kappa shape index (κ1) is 17.5. The summed E-state index contributed by atoms with van der Waals surface area (Å²) < 4.78 is 4.66. The molecule has 2 saturated carbocycles. The van der Waals surface area contributed by atoms with E-state index in [4.69, 9.17) is 0 Å². The zero-order chi connectivity index (χ0) is 17.3. The summed E-state index contributed by atoms with van der Waals surface area (Å²) in [7, 11) is 1.32. The highest BCUT2D eigenvalue weighted by molar-refractivity contribution is 5.86. The van der Waals surface area contributed by atoms with Crippen molar-refractivity contribution in [2.75, 3.05) is 20.2 Å². The van der Waals surface area contributed by atoms with Crippen molar-refractivity contribution < 1.29 is 14.3 Å². The molecular formula is C18H31N3O3. The van der Waals surface area contributed by atoms with E-state index in [1.165, 1.54) is 39.2 Å². The summed E-state index contributed by atoms with van der Waals surface area (Å²) in [6.45, 7) is 6.11. The molecular weight excluding hydrogens is 306 g/mol. The van der Waals surface area contributed by atoms with Crippen LogP contribution < -0.4 is 10.6 Å². The van der Waals surface area contributed by atoms with Crippen LogP contribution in [0.25, 0.3) is 0 Å². The molecule has 1 aliphatic heterocycles. The van der Waals surface area contributed by atoms with Crippen LogP contribution in [-0.2, 0) is 9.53 Å². The quantitative estimate of drug-likeness (QED) is 0.802. The summed E-state index contributed by atoms with van der Waals surface area (Å²) in [5, 5.41) is 5.95. The summed E-state index contributed by atoms with van der Waals surface area (Å²) >= 11 is 0. The number of alkyl carbamates (subject to hydrolysis) is 1. The molecule has 0 aromatic heterocycles. The molecule has 24 heavy (non-hydrogen) atoms. The molecule has 6 heteroatoms. The van der Waals surface area contributed by atoms with Crippen molar-refractivity contribution in [1.82, 2.24) is 15.5 Å². The highest BCUT2D eigenvalue weighted by Gasteiger charge is 2.44. The van der Waals surface area contributed by atoms with Gasteiger partial charge in [-0.2, -0.15) is 0 Å². The Labute approximate surface area is 144 Å². The number of ether oxygens (including phenoxy) is 1. The van der Waals surface area contributed by atoms with Crippen molar-refractivity contribution in [1.29, 1.82) is 0 Å². The van der Waals surface area contributed by atoms with Gasteiger partial charge < -0.3 is 15.4 Å². The number of likely N-dealkylation sites (tertiary alicyclic amines) is 1. The Morgan fingerprint density at radius 2 is 1.71 bits per heavy atom. The van der Waals surface area contributed by atoms with Crippen LogP contribution in [0.3, 0.4) is 0 Å². The number of hydrogen-bond donors (Lipinski definition) is 2. The highest BCUT2D eigenvalue weighted by Crippen LogP contribution is 2.39. The SMILES string of the molecule is COC(=O)N[C@H](C(=O)NC1[C@H]2CCC[C@H]1CN(C1CC1)C2)C(C)C. The van der Waals surface area contributed by atoms with Gasteiger partial charge in [0.25, 0.3) is 0 Å². The molecule has 1 heterocycles. The van der Waals surface area contributed by atoms with E-state index in [0.29, 0.717) is 11.8 Å². The average molecular weight is 337 g/mol. The Bertz CT molecular complexity index is 464. The van der Waals surface area contributed by atoms with Crippen molar-refractivity contribution >= 4 is 12.0 Å². The molecule has 0 aromatic carbocycles. The first-order valence-electron chi connectivity index (χ1n) is 9.38. The Kier molecular flexibility index (Phi) is 5.33. The molecule has 3 atom stereocenters. The third-order valence-corrected chi connectivity index (χ3v) is 5.88. The Balaban J connectivity index is 1.63. The number of amides is 2. The van der Waals surface area contributed by atoms with E-state index in [0.717, 1.165) is 19.1 Å². The molecule has 2 amide bonds. The third kappa shape index (κ3) is 3.85. The topological polar surface area (TPSA) is 70.7 Å². The second kappa shape index (κ2) is 7.30. The molecule has 3 fully saturated rings. The minimum absolute atomic E-state index is 0.0236. The molecule has 0 spiro atoms. The number of nitrogens with zero attached hydrogens (tertiary/aromatic N) is 1. The van der Waals surface area contributed by atoms with Crippen LogP contribution in [0.4, 0.5) is 4.79 Å². The predicted octanol–water partition coefficient (Wildman–Crippen LogP) is 1.75. The Morgan fingerprint density at radius 1 is 1.08 bits per heavy atom. The van der Waals surface area contributed by atoms with Gasteiger partial charge in [0.1, 0.15) is 6.04 Å². The van der Waals surface area contributed by atoms with E-state index >= 15 is 0 Å². The second-order valence-corrected chi connectivity index (χ2v) is 8.03. The van der Waals surface area contributed by atoms with Crippen LogP contribution in [0.1, 0.15) is 46.0 Å². The van der Waals surface area contributed by atoms with Crippen molar-refractivity contribution in [3.63, 3.8) is 0 Å². The first-order chi connectivity index (χ1) is 11.5. The van der Waals surface area contributed by atoms with E-state index in [1.807, 2.05) is 13.8 Å². The number of piperidine rings is 1. The molecule has 0 unspecified atom stereocenters. The monoisotopic (exact) mass is 337 g/mol. The Hall–Kier alpha value is -1.30. The van der Waals surface area contributed by atoms with Crippen LogP contribution in [0.15, 0.2) is 0 Å². The fourth-order valence-electron chi connectivity index (χ4n) is 4.42. The summed E-state index contributed by atoms with van der Waals surface area (Å²) in [5.41, 5.74) is 0. The number of carbonyl (C=O) groups excluding carboxylic acids is 2. The lowest BCUT2D eigenvalue weighted by atomic mass is 9.73. The van der Waals surface area contributed by atoms with Gasteiger partial charge in [-0.05, 0) is 43.4 Å². The van der Waals surface area contributed by atoms with E-state index in [9.17, 15) is 9.59 Å². The maximum atomic E-state index is 12.8. The van der Waals surface area contributed by atoms with Crippen molar-refractivity contribution in [2.45, 2.75) is 64.1 Å². The van der Waals surface area contributed by atoms with Gasteiger partial charge >= 0.3 is 6.09 Å². The predicted molar refractivity (Wildman–Crippen MR) is 91.5 cm³/mol. The van der Waals surface area contributed by atoms with E-state index < -0.39 is 12.1 Å². The fourth-order valence-corrected chi connectivity index (χ4v) is 4.42. The third-order valence-electron chi connectivity index (χ3n) is 5.88. The lowest BCUT2D eigenvalue weighted by molar-refractivity contribution is -0.126. The van der Waals surface area contributed by atoms with Crippen LogP contribution in [0.2, 0.25) is 0 Å².